The van der Waals surface area contributed by atoms with Crippen molar-refractivity contribution < 1.29 is 0 Å². The van der Waals surface area contributed by atoms with E-state index in [0.29, 0.717) is 0 Å². The molecule has 0 amide bonds. The molecule has 0 heterocycles. The van der Waals surface area contributed by atoms with Crippen LogP contribution in [0, 0.1) is 0 Å². The molecule has 0 aromatic heterocycles. The van der Waals surface area contributed by atoms with Gasteiger partial charge in [-0.05, 0) is 12.8 Å². The van der Waals surface area contributed by atoms with Crippen LogP contribution in [0.15, 0.2) is 24.3 Å². The maximum absolute atomic E-state index is 4.48. The van der Waals surface area contributed by atoms with Gasteiger partial charge < -0.3 is 0 Å². The lowest BCUT2D eigenvalue weighted by molar-refractivity contribution is 0.820. The molecule has 0 radical (unpaired) electrons. The molecule has 0 aromatic rings. The molecule has 0 saturated heterocycles. The third kappa shape index (κ3) is 1.62. The molecule has 9 heavy (non-hydrogen) atoms. The minimum atomic E-state index is 0.0538. The van der Waals surface area contributed by atoms with Gasteiger partial charge in [-0.1, -0.05) is 31.2 Å². The molecule has 0 spiro atoms. The van der Waals surface area contributed by atoms with E-state index >= 15 is 0 Å². The van der Waals surface area contributed by atoms with E-state index in [9.17, 15) is 0 Å². The zero-order valence-corrected chi connectivity index (χ0v) is 6.57. The van der Waals surface area contributed by atoms with Gasteiger partial charge in [-0.25, -0.2) is 0 Å². The van der Waals surface area contributed by atoms with Crippen molar-refractivity contribution in [2.75, 3.05) is 0 Å². The fraction of sp³-hybridized carbons (Fsp3) is 0.500. The van der Waals surface area contributed by atoms with Crippen molar-refractivity contribution in [1.82, 2.24) is 0 Å². The van der Waals surface area contributed by atoms with Crippen LogP contribution in [0.3, 0.4) is 0 Å². The lowest BCUT2D eigenvalue weighted by Crippen LogP contribution is -2.14. The van der Waals surface area contributed by atoms with Gasteiger partial charge in [-0.2, -0.15) is 12.6 Å². The summed E-state index contributed by atoms with van der Waals surface area (Å²) < 4.78 is 0.0538. The number of hydrogen-bond acceptors (Lipinski definition) is 1. The standard InChI is InChI=1S/C8H12S/c1-2-8(9)6-4-3-5-7-8/h4-7,9H,2-3H2,1H3. The zero-order valence-electron chi connectivity index (χ0n) is 5.67. The molecule has 1 heteroatoms. The zero-order chi connectivity index (χ0) is 6.74. The van der Waals surface area contributed by atoms with Crippen LogP contribution in [0.1, 0.15) is 19.8 Å². The summed E-state index contributed by atoms with van der Waals surface area (Å²) in [4.78, 5) is 0. The van der Waals surface area contributed by atoms with Gasteiger partial charge in [0.2, 0.25) is 0 Å². The Hall–Kier alpha value is -0.170. The predicted octanol–water partition coefficient (Wildman–Crippen LogP) is 2.58. The van der Waals surface area contributed by atoms with E-state index < -0.39 is 0 Å². The van der Waals surface area contributed by atoms with E-state index in [1.807, 2.05) is 0 Å². The average molecular weight is 140 g/mol. The molecule has 0 saturated carbocycles. The second kappa shape index (κ2) is 2.61. The molecule has 0 bridgehead atoms. The van der Waals surface area contributed by atoms with Gasteiger partial charge >= 0.3 is 0 Å². The maximum atomic E-state index is 4.48. The smallest absolute Gasteiger partial charge is 0.0486 e. The number of rotatable bonds is 1. The van der Waals surface area contributed by atoms with Crippen molar-refractivity contribution in [1.29, 1.82) is 0 Å². The summed E-state index contributed by atoms with van der Waals surface area (Å²) in [6.07, 6.45) is 10.8. The normalized spacial score (nSPS) is 22.4. The Morgan fingerprint density at radius 3 is 2.33 bits per heavy atom. The first-order valence-corrected chi connectivity index (χ1v) is 3.79. The molecule has 50 valence electrons. The first kappa shape index (κ1) is 6.94. The second-order valence-corrected chi connectivity index (χ2v) is 3.22. The minimum Gasteiger partial charge on any atom is -0.164 e. The Morgan fingerprint density at radius 1 is 1.44 bits per heavy atom. The van der Waals surface area contributed by atoms with E-state index in [-0.39, 0.29) is 4.75 Å². The molecule has 0 nitrogen and oxygen atoms in total. The SMILES string of the molecule is CCC1(S)C=CCC=C1. The van der Waals surface area contributed by atoms with Crippen molar-refractivity contribution in [3.05, 3.63) is 24.3 Å². The molecular formula is C8H12S. The van der Waals surface area contributed by atoms with Crippen LogP contribution in [0.4, 0.5) is 0 Å². The number of allylic oxidation sites excluding steroid dienone is 2. The van der Waals surface area contributed by atoms with Gasteiger partial charge in [-0.3, -0.25) is 0 Å². The molecule has 0 fully saturated rings. The molecule has 1 aliphatic carbocycles. The van der Waals surface area contributed by atoms with Crippen molar-refractivity contribution in [2.45, 2.75) is 24.5 Å². The fourth-order valence-corrected chi connectivity index (χ4v) is 1.12. The highest BCUT2D eigenvalue weighted by Gasteiger charge is 2.15. The monoisotopic (exact) mass is 140 g/mol. The molecule has 1 aliphatic rings. The van der Waals surface area contributed by atoms with Gasteiger partial charge in [0.15, 0.2) is 0 Å². The van der Waals surface area contributed by atoms with Crippen LogP contribution in [0.2, 0.25) is 0 Å². The molecular weight excluding hydrogens is 128 g/mol. The van der Waals surface area contributed by atoms with Gasteiger partial charge in [0.1, 0.15) is 0 Å². The van der Waals surface area contributed by atoms with E-state index in [4.69, 9.17) is 0 Å². The van der Waals surface area contributed by atoms with E-state index in [1.165, 1.54) is 0 Å². The fourth-order valence-electron chi connectivity index (χ4n) is 0.914. The largest absolute Gasteiger partial charge is 0.164 e. The quantitative estimate of drug-likeness (QED) is 0.420. The molecule has 0 aromatic carbocycles. The molecule has 1 rings (SSSR count). The van der Waals surface area contributed by atoms with Crippen LogP contribution < -0.4 is 0 Å². The van der Waals surface area contributed by atoms with Crippen LogP contribution in [-0.2, 0) is 0 Å². The summed E-state index contributed by atoms with van der Waals surface area (Å²) in [5, 5.41) is 0. The Morgan fingerprint density at radius 2 is 2.00 bits per heavy atom. The summed E-state index contributed by atoms with van der Waals surface area (Å²) in [6.45, 7) is 2.15. The lowest BCUT2D eigenvalue weighted by Gasteiger charge is -2.20. The summed E-state index contributed by atoms with van der Waals surface area (Å²) >= 11 is 4.48. The van der Waals surface area contributed by atoms with Crippen LogP contribution in [-0.4, -0.2) is 4.75 Å². The lowest BCUT2D eigenvalue weighted by atomic mass is 10.00. The minimum absolute atomic E-state index is 0.0538. The molecule has 0 N–H and O–H groups in total. The summed E-state index contributed by atoms with van der Waals surface area (Å²) in [5.74, 6) is 0. The summed E-state index contributed by atoms with van der Waals surface area (Å²) in [5.41, 5.74) is 0. The van der Waals surface area contributed by atoms with Crippen LogP contribution >= 0.6 is 12.6 Å². The van der Waals surface area contributed by atoms with Crippen molar-refractivity contribution in [2.24, 2.45) is 0 Å². The highest BCUT2D eigenvalue weighted by Crippen LogP contribution is 2.25. The predicted molar refractivity (Wildman–Crippen MR) is 44.9 cm³/mol. The van der Waals surface area contributed by atoms with Gasteiger partial charge in [0.05, 0.1) is 0 Å². The number of thiol groups is 1. The third-order valence-corrected chi connectivity index (χ3v) is 2.27. The molecule has 0 unspecified atom stereocenters. The van der Waals surface area contributed by atoms with Crippen molar-refractivity contribution in [3.63, 3.8) is 0 Å². The first-order valence-electron chi connectivity index (χ1n) is 3.34. The topological polar surface area (TPSA) is 0 Å². The Labute approximate surface area is 62.1 Å². The maximum Gasteiger partial charge on any atom is 0.0486 e. The van der Waals surface area contributed by atoms with Crippen LogP contribution in [0.5, 0.6) is 0 Å². The Balaban J connectivity index is 2.67. The Kier molecular flexibility index (Phi) is 2.01. The highest BCUT2D eigenvalue weighted by atomic mass is 32.1. The molecule has 0 atom stereocenters. The van der Waals surface area contributed by atoms with E-state index in [1.54, 1.807) is 0 Å². The van der Waals surface area contributed by atoms with Crippen LogP contribution in [0.25, 0.3) is 0 Å². The highest BCUT2D eigenvalue weighted by molar-refractivity contribution is 7.82. The van der Waals surface area contributed by atoms with Crippen molar-refractivity contribution in [3.8, 4) is 0 Å². The van der Waals surface area contributed by atoms with Crippen molar-refractivity contribution >= 4 is 12.6 Å². The summed E-state index contributed by atoms with van der Waals surface area (Å²) in [6, 6.07) is 0. The second-order valence-electron chi connectivity index (χ2n) is 2.39. The Bertz CT molecular complexity index is 133. The van der Waals surface area contributed by atoms with Gasteiger partial charge in [0.25, 0.3) is 0 Å². The first-order chi connectivity index (χ1) is 4.27. The number of hydrogen-bond donors (Lipinski definition) is 1. The van der Waals surface area contributed by atoms with Gasteiger partial charge in [0, 0.05) is 4.75 Å². The third-order valence-electron chi connectivity index (χ3n) is 1.65. The van der Waals surface area contributed by atoms with Gasteiger partial charge in [-0.15, -0.1) is 0 Å². The average Bonchev–Trinajstić information content (AvgIpc) is 1.90. The van der Waals surface area contributed by atoms with E-state index in [0.717, 1.165) is 12.8 Å². The molecule has 0 aliphatic heterocycles. The summed E-state index contributed by atoms with van der Waals surface area (Å²) in [7, 11) is 0. The van der Waals surface area contributed by atoms with E-state index in [2.05, 4.69) is 43.9 Å².